The lowest BCUT2D eigenvalue weighted by molar-refractivity contribution is -0.277. The molecule has 4 nitrogen and oxygen atoms in total. The first-order valence-corrected chi connectivity index (χ1v) is 7.01. The quantitative estimate of drug-likeness (QED) is 0.861. The summed E-state index contributed by atoms with van der Waals surface area (Å²) in [6.45, 7) is 5.42. The van der Waals surface area contributed by atoms with E-state index in [9.17, 15) is 0 Å². The number of benzene rings is 1. The second-order valence-electron chi connectivity index (χ2n) is 5.54. The van der Waals surface area contributed by atoms with E-state index in [0.29, 0.717) is 6.61 Å². The maximum absolute atomic E-state index is 5.99. The minimum Gasteiger partial charge on any atom is -0.350 e. The average Bonchev–Trinajstić information content (AvgIpc) is 2.87. The molecule has 3 rings (SSSR count). The fourth-order valence-electron chi connectivity index (χ4n) is 2.55. The molecule has 1 aliphatic rings. The van der Waals surface area contributed by atoms with Crippen molar-refractivity contribution in [2.75, 3.05) is 6.61 Å². The summed E-state index contributed by atoms with van der Waals surface area (Å²) in [5, 5.41) is 0. The molecule has 1 fully saturated rings. The van der Waals surface area contributed by atoms with Crippen molar-refractivity contribution < 1.29 is 9.47 Å². The van der Waals surface area contributed by atoms with Gasteiger partial charge >= 0.3 is 0 Å². The smallest absolute Gasteiger partial charge is 0.163 e. The zero-order valence-electron chi connectivity index (χ0n) is 12.0. The Morgan fingerprint density at radius 1 is 1.30 bits per heavy atom. The summed E-state index contributed by atoms with van der Waals surface area (Å²) in [5.41, 5.74) is 1.26. The third-order valence-corrected chi connectivity index (χ3v) is 3.49. The van der Waals surface area contributed by atoms with Crippen LogP contribution >= 0.6 is 0 Å². The van der Waals surface area contributed by atoms with Crippen molar-refractivity contribution in [2.45, 2.75) is 38.7 Å². The second-order valence-corrected chi connectivity index (χ2v) is 5.54. The zero-order chi connectivity index (χ0) is 14.0. The van der Waals surface area contributed by atoms with E-state index in [4.69, 9.17) is 9.47 Å². The third-order valence-electron chi connectivity index (χ3n) is 3.49. The minimum absolute atomic E-state index is 0.00235. The molecular weight excluding hydrogens is 252 g/mol. The van der Waals surface area contributed by atoms with E-state index in [0.717, 1.165) is 18.8 Å². The van der Waals surface area contributed by atoms with E-state index in [-0.39, 0.29) is 6.10 Å². The van der Waals surface area contributed by atoms with Crippen LogP contribution in [0.15, 0.2) is 42.7 Å². The Bertz CT molecular complexity index is 563. The molecule has 0 radical (unpaired) electrons. The van der Waals surface area contributed by atoms with Crippen LogP contribution in [-0.2, 0) is 16.0 Å². The van der Waals surface area contributed by atoms with Gasteiger partial charge in [-0.05, 0) is 19.4 Å². The Hall–Kier alpha value is -1.65. The number of rotatable bonds is 3. The van der Waals surface area contributed by atoms with Gasteiger partial charge in [0, 0.05) is 25.4 Å². The van der Waals surface area contributed by atoms with E-state index in [1.165, 1.54) is 5.56 Å². The lowest BCUT2D eigenvalue weighted by Crippen LogP contribution is -2.36. The monoisotopic (exact) mass is 272 g/mol. The molecule has 2 heterocycles. The van der Waals surface area contributed by atoms with Crippen molar-refractivity contribution in [3.05, 3.63) is 54.1 Å². The van der Waals surface area contributed by atoms with Crippen LogP contribution in [0.3, 0.4) is 0 Å². The Morgan fingerprint density at radius 3 is 2.85 bits per heavy atom. The largest absolute Gasteiger partial charge is 0.350 e. The van der Waals surface area contributed by atoms with E-state index >= 15 is 0 Å². The van der Waals surface area contributed by atoms with Crippen LogP contribution in [0.4, 0.5) is 0 Å². The maximum Gasteiger partial charge on any atom is 0.163 e. The van der Waals surface area contributed by atoms with Gasteiger partial charge in [-0.25, -0.2) is 4.98 Å². The SMILES string of the molecule is CC1(C)OCCC(c2nccn2Cc2ccccc2)O1. The molecule has 1 aromatic carbocycles. The zero-order valence-corrected chi connectivity index (χ0v) is 12.0. The summed E-state index contributed by atoms with van der Waals surface area (Å²) in [7, 11) is 0. The molecule has 1 atom stereocenters. The van der Waals surface area contributed by atoms with Crippen LogP contribution in [0.1, 0.15) is 37.8 Å². The number of nitrogens with zero attached hydrogens (tertiary/aromatic N) is 2. The first kappa shape index (κ1) is 13.3. The van der Waals surface area contributed by atoms with Gasteiger partial charge < -0.3 is 14.0 Å². The van der Waals surface area contributed by atoms with Crippen LogP contribution in [0, 0.1) is 0 Å². The number of hydrogen-bond donors (Lipinski definition) is 0. The Labute approximate surface area is 119 Å². The van der Waals surface area contributed by atoms with Crippen molar-refractivity contribution in [1.29, 1.82) is 0 Å². The highest BCUT2D eigenvalue weighted by Crippen LogP contribution is 2.31. The highest BCUT2D eigenvalue weighted by molar-refractivity contribution is 5.16. The molecule has 0 N–H and O–H groups in total. The van der Waals surface area contributed by atoms with Crippen LogP contribution in [-0.4, -0.2) is 21.9 Å². The van der Waals surface area contributed by atoms with Gasteiger partial charge in [-0.1, -0.05) is 30.3 Å². The molecule has 1 saturated heterocycles. The van der Waals surface area contributed by atoms with Gasteiger partial charge in [0.05, 0.1) is 6.61 Å². The lowest BCUT2D eigenvalue weighted by atomic mass is 10.2. The van der Waals surface area contributed by atoms with Crippen LogP contribution < -0.4 is 0 Å². The van der Waals surface area contributed by atoms with Gasteiger partial charge in [0.2, 0.25) is 0 Å². The minimum atomic E-state index is -0.535. The van der Waals surface area contributed by atoms with Crippen molar-refractivity contribution in [3.63, 3.8) is 0 Å². The van der Waals surface area contributed by atoms with Gasteiger partial charge in [-0.3, -0.25) is 0 Å². The van der Waals surface area contributed by atoms with E-state index < -0.39 is 5.79 Å². The first-order chi connectivity index (χ1) is 9.64. The normalized spacial score (nSPS) is 21.8. The first-order valence-electron chi connectivity index (χ1n) is 7.01. The van der Waals surface area contributed by atoms with Gasteiger partial charge in [0.25, 0.3) is 0 Å². The Morgan fingerprint density at radius 2 is 2.10 bits per heavy atom. The molecular formula is C16H20N2O2. The standard InChI is InChI=1S/C16H20N2O2/c1-16(2)19-11-8-14(20-16)15-17-9-10-18(15)12-13-6-4-3-5-7-13/h3-7,9-10,14H,8,11-12H2,1-2H3. The molecule has 4 heteroatoms. The van der Waals surface area contributed by atoms with Gasteiger partial charge in [0.1, 0.15) is 11.9 Å². The van der Waals surface area contributed by atoms with Crippen molar-refractivity contribution in [3.8, 4) is 0 Å². The predicted molar refractivity (Wildman–Crippen MR) is 76.2 cm³/mol. The summed E-state index contributed by atoms with van der Waals surface area (Å²) in [4.78, 5) is 4.48. The highest BCUT2D eigenvalue weighted by atomic mass is 16.7. The van der Waals surface area contributed by atoms with Crippen molar-refractivity contribution in [1.82, 2.24) is 9.55 Å². The molecule has 1 aromatic heterocycles. The van der Waals surface area contributed by atoms with Crippen LogP contribution in [0.25, 0.3) is 0 Å². The molecule has 20 heavy (non-hydrogen) atoms. The average molecular weight is 272 g/mol. The Balaban J connectivity index is 1.80. The molecule has 1 unspecified atom stereocenters. The molecule has 0 spiro atoms. The van der Waals surface area contributed by atoms with E-state index in [1.807, 2.05) is 32.3 Å². The van der Waals surface area contributed by atoms with E-state index in [1.54, 1.807) is 0 Å². The van der Waals surface area contributed by atoms with Crippen LogP contribution in [0.2, 0.25) is 0 Å². The van der Waals surface area contributed by atoms with Crippen molar-refractivity contribution >= 4 is 0 Å². The maximum atomic E-state index is 5.99. The number of aromatic nitrogens is 2. The third kappa shape index (κ3) is 2.92. The van der Waals surface area contributed by atoms with Gasteiger partial charge in [0.15, 0.2) is 5.79 Å². The van der Waals surface area contributed by atoms with Gasteiger partial charge in [-0.2, -0.15) is 0 Å². The number of ether oxygens (including phenoxy) is 2. The molecule has 0 bridgehead atoms. The topological polar surface area (TPSA) is 36.3 Å². The molecule has 2 aromatic rings. The van der Waals surface area contributed by atoms with E-state index in [2.05, 4.69) is 33.8 Å². The Kier molecular flexibility index (Phi) is 3.59. The molecule has 1 aliphatic heterocycles. The molecule has 0 aliphatic carbocycles. The summed E-state index contributed by atoms with van der Waals surface area (Å²) in [6, 6.07) is 10.4. The number of imidazole rings is 1. The highest BCUT2D eigenvalue weighted by Gasteiger charge is 2.32. The molecule has 106 valence electrons. The number of hydrogen-bond acceptors (Lipinski definition) is 3. The lowest BCUT2D eigenvalue weighted by Gasteiger charge is -2.35. The molecule has 0 saturated carbocycles. The summed E-state index contributed by atoms with van der Waals surface area (Å²) in [6.07, 6.45) is 4.69. The summed E-state index contributed by atoms with van der Waals surface area (Å²) in [5.74, 6) is 0.442. The fraction of sp³-hybridized carbons (Fsp3) is 0.438. The van der Waals surface area contributed by atoms with Crippen molar-refractivity contribution in [2.24, 2.45) is 0 Å². The summed E-state index contributed by atoms with van der Waals surface area (Å²) >= 11 is 0. The van der Waals surface area contributed by atoms with Gasteiger partial charge in [-0.15, -0.1) is 0 Å². The predicted octanol–water partition coefficient (Wildman–Crippen LogP) is 3.15. The van der Waals surface area contributed by atoms with Crippen LogP contribution in [0.5, 0.6) is 0 Å². The molecule has 0 amide bonds. The second kappa shape index (κ2) is 5.38. The summed E-state index contributed by atoms with van der Waals surface area (Å²) < 4.78 is 13.7. The fourth-order valence-corrected chi connectivity index (χ4v) is 2.55.